The van der Waals surface area contributed by atoms with Crippen LogP contribution in [0.25, 0.3) is 11.3 Å². The zero-order valence-electron chi connectivity index (χ0n) is 12.6. The maximum atomic E-state index is 4.24. The number of aromatic nitrogens is 2. The monoisotopic (exact) mass is 304 g/mol. The van der Waals surface area contributed by atoms with Crippen LogP contribution in [0.5, 0.6) is 0 Å². The minimum absolute atomic E-state index is 0.849. The van der Waals surface area contributed by atoms with Gasteiger partial charge in [-0.05, 0) is 56.4 Å². The largest absolute Gasteiger partial charge is 0.317 e. The van der Waals surface area contributed by atoms with Gasteiger partial charge in [-0.1, -0.05) is 6.92 Å². The Morgan fingerprint density at radius 1 is 1.43 bits per heavy atom. The zero-order valence-corrected chi connectivity index (χ0v) is 13.5. The Morgan fingerprint density at radius 2 is 2.29 bits per heavy atom. The molecular formula is C16H24N4S. The van der Waals surface area contributed by atoms with Crippen molar-refractivity contribution in [2.75, 3.05) is 26.2 Å². The Bertz CT molecular complexity index is 526. The average molecular weight is 304 g/mol. The van der Waals surface area contributed by atoms with E-state index >= 15 is 0 Å². The standard InChI is InChI=1S/C16H24N4S/c1-2-17-9-13-3-6-20(7-4-13)11-15-10-18-19-16(15)14-5-8-21-12-14/h5,8,10,12-13,17H,2-4,6-7,9,11H2,1H3,(H,18,19). The van der Waals surface area contributed by atoms with E-state index in [-0.39, 0.29) is 0 Å². The molecule has 3 rings (SSSR count). The summed E-state index contributed by atoms with van der Waals surface area (Å²) in [4.78, 5) is 2.56. The van der Waals surface area contributed by atoms with E-state index in [0.717, 1.165) is 19.0 Å². The van der Waals surface area contributed by atoms with Crippen molar-refractivity contribution in [3.8, 4) is 11.3 Å². The highest BCUT2D eigenvalue weighted by molar-refractivity contribution is 7.08. The number of hydrogen-bond acceptors (Lipinski definition) is 4. The van der Waals surface area contributed by atoms with Gasteiger partial charge in [0, 0.05) is 23.1 Å². The first-order chi connectivity index (χ1) is 10.4. The third kappa shape index (κ3) is 3.73. The summed E-state index contributed by atoms with van der Waals surface area (Å²) in [5.74, 6) is 0.849. The van der Waals surface area contributed by atoms with Crippen molar-refractivity contribution in [2.45, 2.75) is 26.3 Å². The number of nitrogens with one attached hydrogen (secondary N) is 2. The Morgan fingerprint density at radius 3 is 3.00 bits per heavy atom. The Hall–Kier alpha value is -1.17. The predicted molar refractivity (Wildman–Crippen MR) is 88.4 cm³/mol. The van der Waals surface area contributed by atoms with Gasteiger partial charge in [0.2, 0.25) is 0 Å². The number of hydrogen-bond donors (Lipinski definition) is 2. The number of piperidine rings is 1. The van der Waals surface area contributed by atoms with Crippen LogP contribution in [0.3, 0.4) is 0 Å². The SMILES string of the molecule is CCNCC1CCN(Cc2cn[nH]c2-c2ccsc2)CC1. The first kappa shape index (κ1) is 14.8. The lowest BCUT2D eigenvalue weighted by Crippen LogP contribution is -2.36. The molecule has 1 fully saturated rings. The fourth-order valence-electron chi connectivity index (χ4n) is 3.03. The maximum absolute atomic E-state index is 4.24. The van der Waals surface area contributed by atoms with Gasteiger partial charge in [0.15, 0.2) is 0 Å². The van der Waals surface area contributed by atoms with E-state index < -0.39 is 0 Å². The van der Waals surface area contributed by atoms with Crippen LogP contribution >= 0.6 is 11.3 Å². The van der Waals surface area contributed by atoms with Crippen molar-refractivity contribution >= 4 is 11.3 Å². The van der Waals surface area contributed by atoms with Gasteiger partial charge in [-0.25, -0.2) is 0 Å². The summed E-state index contributed by atoms with van der Waals surface area (Å²) < 4.78 is 0. The highest BCUT2D eigenvalue weighted by Crippen LogP contribution is 2.26. The van der Waals surface area contributed by atoms with E-state index in [9.17, 15) is 0 Å². The second kappa shape index (κ2) is 7.20. The van der Waals surface area contributed by atoms with Gasteiger partial charge in [0.1, 0.15) is 0 Å². The van der Waals surface area contributed by atoms with Crippen molar-refractivity contribution < 1.29 is 0 Å². The van der Waals surface area contributed by atoms with Crippen molar-refractivity contribution in [3.05, 3.63) is 28.6 Å². The quantitative estimate of drug-likeness (QED) is 0.862. The van der Waals surface area contributed by atoms with Crippen molar-refractivity contribution in [1.82, 2.24) is 20.4 Å². The molecule has 1 aliphatic heterocycles. The molecule has 0 spiro atoms. The van der Waals surface area contributed by atoms with Crippen LogP contribution < -0.4 is 5.32 Å². The summed E-state index contributed by atoms with van der Waals surface area (Å²) in [6, 6.07) is 2.16. The Labute approximate surface area is 130 Å². The van der Waals surface area contributed by atoms with E-state index in [1.807, 2.05) is 6.20 Å². The lowest BCUT2D eigenvalue weighted by atomic mass is 9.96. The van der Waals surface area contributed by atoms with Crippen molar-refractivity contribution in [3.63, 3.8) is 0 Å². The van der Waals surface area contributed by atoms with Gasteiger partial charge in [-0.3, -0.25) is 10.00 Å². The van der Waals surface area contributed by atoms with Crippen LogP contribution in [0.15, 0.2) is 23.0 Å². The first-order valence-corrected chi connectivity index (χ1v) is 8.79. The summed E-state index contributed by atoms with van der Waals surface area (Å²) in [6.45, 7) is 7.85. The molecule has 0 unspecified atom stereocenters. The van der Waals surface area contributed by atoms with Gasteiger partial charge >= 0.3 is 0 Å². The Balaban J connectivity index is 1.56. The molecule has 0 atom stereocenters. The molecule has 0 aromatic carbocycles. The molecule has 2 aromatic rings. The maximum Gasteiger partial charge on any atom is 0.0703 e. The molecule has 1 saturated heterocycles. The van der Waals surface area contributed by atoms with Crippen LogP contribution in [0.4, 0.5) is 0 Å². The van der Waals surface area contributed by atoms with Crippen LogP contribution in [0.2, 0.25) is 0 Å². The molecule has 4 nitrogen and oxygen atoms in total. The molecular weight excluding hydrogens is 280 g/mol. The topological polar surface area (TPSA) is 44.0 Å². The molecule has 1 aliphatic rings. The number of aromatic amines is 1. The molecule has 0 amide bonds. The molecule has 0 bridgehead atoms. The summed E-state index contributed by atoms with van der Waals surface area (Å²) in [5, 5.41) is 15.2. The second-order valence-electron chi connectivity index (χ2n) is 5.81. The van der Waals surface area contributed by atoms with Gasteiger partial charge in [0.05, 0.1) is 11.9 Å². The third-order valence-corrected chi connectivity index (χ3v) is 5.00. The summed E-state index contributed by atoms with van der Waals surface area (Å²) in [7, 11) is 0. The molecule has 114 valence electrons. The lowest BCUT2D eigenvalue weighted by molar-refractivity contribution is 0.176. The number of rotatable bonds is 6. The minimum Gasteiger partial charge on any atom is -0.317 e. The summed E-state index contributed by atoms with van der Waals surface area (Å²) >= 11 is 1.73. The number of thiophene rings is 1. The molecule has 21 heavy (non-hydrogen) atoms. The van der Waals surface area contributed by atoms with Crippen LogP contribution in [-0.4, -0.2) is 41.3 Å². The van der Waals surface area contributed by atoms with Crippen molar-refractivity contribution in [1.29, 1.82) is 0 Å². The highest BCUT2D eigenvalue weighted by atomic mass is 32.1. The fourth-order valence-corrected chi connectivity index (χ4v) is 3.67. The Kier molecular flexibility index (Phi) is 5.06. The number of H-pyrrole nitrogens is 1. The van der Waals surface area contributed by atoms with Gasteiger partial charge in [-0.2, -0.15) is 16.4 Å². The predicted octanol–water partition coefficient (Wildman–Crippen LogP) is 2.96. The van der Waals surface area contributed by atoms with E-state index in [2.05, 4.69) is 44.2 Å². The van der Waals surface area contributed by atoms with Crippen LogP contribution in [-0.2, 0) is 6.54 Å². The first-order valence-electron chi connectivity index (χ1n) is 7.84. The molecule has 3 heterocycles. The average Bonchev–Trinajstić information content (AvgIpc) is 3.17. The molecule has 0 saturated carbocycles. The van der Waals surface area contributed by atoms with E-state index in [4.69, 9.17) is 0 Å². The van der Waals surface area contributed by atoms with Gasteiger partial charge in [0.25, 0.3) is 0 Å². The smallest absolute Gasteiger partial charge is 0.0703 e. The van der Waals surface area contributed by atoms with E-state index in [0.29, 0.717) is 0 Å². The minimum atomic E-state index is 0.849. The molecule has 0 aliphatic carbocycles. The van der Waals surface area contributed by atoms with Crippen molar-refractivity contribution in [2.24, 2.45) is 5.92 Å². The summed E-state index contributed by atoms with van der Waals surface area (Å²) in [5.41, 5.74) is 3.76. The molecule has 2 N–H and O–H groups in total. The fraction of sp³-hybridized carbons (Fsp3) is 0.562. The molecule has 5 heteroatoms. The van der Waals surface area contributed by atoms with Gasteiger partial charge in [-0.15, -0.1) is 0 Å². The molecule has 2 aromatic heterocycles. The highest BCUT2D eigenvalue weighted by Gasteiger charge is 2.20. The van der Waals surface area contributed by atoms with Crippen LogP contribution in [0, 0.1) is 5.92 Å². The van der Waals surface area contributed by atoms with Gasteiger partial charge < -0.3 is 5.32 Å². The lowest BCUT2D eigenvalue weighted by Gasteiger charge is -2.32. The number of likely N-dealkylation sites (tertiary alicyclic amines) is 1. The third-order valence-electron chi connectivity index (χ3n) is 4.31. The second-order valence-corrected chi connectivity index (χ2v) is 6.59. The summed E-state index contributed by atoms with van der Waals surface area (Å²) in [6.07, 6.45) is 4.59. The normalized spacial score (nSPS) is 17.4. The number of nitrogens with zero attached hydrogens (tertiary/aromatic N) is 2. The van der Waals surface area contributed by atoms with E-state index in [1.54, 1.807) is 11.3 Å². The molecule has 0 radical (unpaired) electrons. The zero-order chi connectivity index (χ0) is 14.5. The van der Waals surface area contributed by atoms with Crippen LogP contribution in [0.1, 0.15) is 25.3 Å². The van der Waals surface area contributed by atoms with E-state index in [1.165, 1.54) is 49.3 Å².